The number of ether oxygens (including phenoxy) is 1. The summed E-state index contributed by atoms with van der Waals surface area (Å²) >= 11 is 0. The summed E-state index contributed by atoms with van der Waals surface area (Å²) in [6, 6.07) is 10.4. The van der Waals surface area contributed by atoms with Crippen LogP contribution in [0.5, 0.6) is 0 Å². The summed E-state index contributed by atoms with van der Waals surface area (Å²) in [5.41, 5.74) is 2.47. The fraction of sp³-hybridized carbons (Fsp3) is 0.421. The van der Waals surface area contributed by atoms with Crippen LogP contribution in [0.1, 0.15) is 18.1 Å². The molecule has 1 aliphatic heterocycles. The first-order valence-corrected chi connectivity index (χ1v) is 8.89. The second-order valence-corrected chi connectivity index (χ2v) is 6.25. The molecule has 7 heteroatoms. The number of hydrazone groups is 1. The topological polar surface area (TPSA) is 65.9 Å². The SMILES string of the molecule is C/C=N\N(C)c1cc(NCc2cccc(C)c2)nc(N2CCOCC2)n1. The average molecular weight is 354 g/mol. The Bertz CT molecular complexity index is 757. The molecule has 0 bridgehead atoms. The van der Waals surface area contributed by atoms with Crippen molar-refractivity contribution in [1.82, 2.24) is 9.97 Å². The predicted octanol–water partition coefficient (Wildman–Crippen LogP) is 2.68. The fourth-order valence-electron chi connectivity index (χ4n) is 2.83. The van der Waals surface area contributed by atoms with Crippen molar-refractivity contribution in [2.45, 2.75) is 20.4 Å². The first-order chi connectivity index (χ1) is 12.7. The maximum Gasteiger partial charge on any atom is 0.229 e. The van der Waals surface area contributed by atoms with E-state index in [1.54, 1.807) is 11.2 Å². The second kappa shape index (κ2) is 8.62. The van der Waals surface area contributed by atoms with Crippen LogP contribution in [0.15, 0.2) is 35.4 Å². The molecule has 0 atom stereocenters. The number of rotatable bonds is 6. The van der Waals surface area contributed by atoms with E-state index in [0.717, 1.165) is 24.7 Å². The van der Waals surface area contributed by atoms with Crippen molar-refractivity contribution in [3.05, 3.63) is 41.5 Å². The first-order valence-electron chi connectivity index (χ1n) is 8.89. The molecule has 0 unspecified atom stereocenters. The highest BCUT2D eigenvalue weighted by atomic mass is 16.5. The van der Waals surface area contributed by atoms with E-state index in [1.165, 1.54) is 11.1 Å². The Morgan fingerprint density at radius 3 is 2.81 bits per heavy atom. The molecule has 1 fully saturated rings. The number of benzene rings is 1. The number of aromatic nitrogens is 2. The Hall–Kier alpha value is -2.67. The van der Waals surface area contributed by atoms with E-state index in [4.69, 9.17) is 9.72 Å². The molecule has 3 rings (SSSR count). The Morgan fingerprint density at radius 1 is 1.27 bits per heavy atom. The smallest absolute Gasteiger partial charge is 0.229 e. The van der Waals surface area contributed by atoms with E-state index >= 15 is 0 Å². The molecule has 0 radical (unpaired) electrons. The minimum atomic E-state index is 0.697. The maximum atomic E-state index is 5.44. The Kier molecular flexibility index (Phi) is 6.01. The predicted molar refractivity (Wildman–Crippen MR) is 106 cm³/mol. The highest BCUT2D eigenvalue weighted by Gasteiger charge is 2.17. The van der Waals surface area contributed by atoms with Gasteiger partial charge in [0.25, 0.3) is 0 Å². The number of nitrogens with zero attached hydrogens (tertiary/aromatic N) is 5. The Balaban J connectivity index is 1.83. The third-order valence-electron chi connectivity index (χ3n) is 4.17. The van der Waals surface area contributed by atoms with Gasteiger partial charge in [0.2, 0.25) is 5.95 Å². The lowest BCUT2D eigenvalue weighted by Gasteiger charge is -2.28. The molecule has 1 aliphatic rings. The molecule has 7 nitrogen and oxygen atoms in total. The van der Waals surface area contributed by atoms with Crippen LogP contribution in [0.25, 0.3) is 0 Å². The zero-order valence-corrected chi connectivity index (χ0v) is 15.6. The number of nitrogens with one attached hydrogen (secondary N) is 1. The molecule has 0 spiro atoms. The Labute approximate surface area is 154 Å². The lowest BCUT2D eigenvalue weighted by atomic mass is 10.1. The van der Waals surface area contributed by atoms with E-state index in [0.29, 0.717) is 25.7 Å². The van der Waals surface area contributed by atoms with Gasteiger partial charge in [0.15, 0.2) is 5.82 Å². The molecule has 0 amide bonds. The van der Waals surface area contributed by atoms with Gasteiger partial charge >= 0.3 is 0 Å². The second-order valence-electron chi connectivity index (χ2n) is 6.25. The Morgan fingerprint density at radius 2 is 2.08 bits per heavy atom. The van der Waals surface area contributed by atoms with Gasteiger partial charge < -0.3 is 15.0 Å². The number of aryl methyl sites for hydroxylation is 1. The van der Waals surface area contributed by atoms with Crippen LogP contribution in [0.3, 0.4) is 0 Å². The van der Waals surface area contributed by atoms with E-state index < -0.39 is 0 Å². The summed E-state index contributed by atoms with van der Waals surface area (Å²) in [5.74, 6) is 2.25. The fourth-order valence-corrected chi connectivity index (χ4v) is 2.83. The highest BCUT2D eigenvalue weighted by Crippen LogP contribution is 2.21. The molecular formula is C19H26N6O. The standard InChI is InChI=1S/C19H26N6O/c1-4-21-24(3)18-13-17(20-14-16-7-5-6-15(2)12-16)22-19(23-18)25-8-10-26-11-9-25/h4-7,12-13H,8-11,14H2,1-3H3,(H,20,22,23)/b21-4-. The molecule has 1 N–H and O–H groups in total. The molecule has 1 saturated heterocycles. The summed E-state index contributed by atoms with van der Waals surface area (Å²) in [6.07, 6.45) is 1.75. The first kappa shape index (κ1) is 18.1. The molecule has 2 heterocycles. The van der Waals surface area contributed by atoms with Crippen LogP contribution in [-0.4, -0.2) is 49.5 Å². The monoisotopic (exact) mass is 354 g/mol. The molecule has 138 valence electrons. The molecule has 0 saturated carbocycles. The molecule has 26 heavy (non-hydrogen) atoms. The number of anilines is 3. The minimum absolute atomic E-state index is 0.697. The van der Waals surface area contributed by atoms with Gasteiger partial charge in [-0.25, -0.2) is 0 Å². The number of hydrogen-bond acceptors (Lipinski definition) is 7. The lowest BCUT2D eigenvalue weighted by Crippen LogP contribution is -2.37. The van der Waals surface area contributed by atoms with Gasteiger partial charge in [-0.2, -0.15) is 15.1 Å². The third kappa shape index (κ3) is 4.70. The number of hydrogen-bond donors (Lipinski definition) is 1. The molecular weight excluding hydrogens is 328 g/mol. The molecule has 1 aromatic carbocycles. The van der Waals surface area contributed by atoms with Crippen molar-refractivity contribution in [2.24, 2.45) is 5.10 Å². The minimum Gasteiger partial charge on any atom is -0.378 e. The van der Waals surface area contributed by atoms with Crippen molar-refractivity contribution in [2.75, 3.05) is 48.6 Å². The summed E-state index contributed by atoms with van der Waals surface area (Å²) in [6.45, 7) is 7.67. The van der Waals surface area contributed by atoms with Gasteiger partial charge in [-0.15, -0.1) is 0 Å². The average Bonchev–Trinajstić information content (AvgIpc) is 2.67. The van der Waals surface area contributed by atoms with Crippen molar-refractivity contribution in [1.29, 1.82) is 0 Å². The van der Waals surface area contributed by atoms with E-state index in [2.05, 4.69) is 51.5 Å². The summed E-state index contributed by atoms with van der Waals surface area (Å²) < 4.78 is 5.44. The highest BCUT2D eigenvalue weighted by molar-refractivity contribution is 5.59. The summed E-state index contributed by atoms with van der Waals surface area (Å²) in [5, 5.41) is 9.47. The summed E-state index contributed by atoms with van der Waals surface area (Å²) in [7, 11) is 1.88. The van der Waals surface area contributed by atoms with Gasteiger partial charge in [-0.3, -0.25) is 5.01 Å². The van der Waals surface area contributed by atoms with Crippen molar-refractivity contribution >= 4 is 23.8 Å². The normalized spacial score (nSPS) is 14.7. The van der Waals surface area contributed by atoms with E-state index in [1.807, 2.05) is 20.0 Å². The lowest BCUT2D eigenvalue weighted by molar-refractivity contribution is 0.122. The maximum absolute atomic E-state index is 5.44. The van der Waals surface area contributed by atoms with Crippen LogP contribution in [0, 0.1) is 6.92 Å². The van der Waals surface area contributed by atoms with E-state index in [-0.39, 0.29) is 0 Å². The van der Waals surface area contributed by atoms with Crippen molar-refractivity contribution < 1.29 is 4.74 Å². The van der Waals surface area contributed by atoms with Gasteiger partial charge in [-0.1, -0.05) is 29.8 Å². The zero-order chi connectivity index (χ0) is 18.4. The molecule has 0 aliphatic carbocycles. The van der Waals surface area contributed by atoms with E-state index in [9.17, 15) is 0 Å². The largest absolute Gasteiger partial charge is 0.378 e. The van der Waals surface area contributed by atoms with Crippen molar-refractivity contribution in [3.8, 4) is 0 Å². The van der Waals surface area contributed by atoms with Gasteiger partial charge in [0, 0.05) is 39.0 Å². The van der Waals surface area contributed by atoms with Crippen LogP contribution in [0.2, 0.25) is 0 Å². The van der Waals surface area contributed by atoms with Gasteiger partial charge in [0.05, 0.1) is 13.2 Å². The van der Waals surface area contributed by atoms with Crippen LogP contribution in [-0.2, 0) is 11.3 Å². The number of morpholine rings is 1. The zero-order valence-electron chi connectivity index (χ0n) is 15.6. The molecule has 2 aromatic rings. The van der Waals surface area contributed by atoms with Crippen LogP contribution < -0.4 is 15.2 Å². The van der Waals surface area contributed by atoms with Gasteiger partial charge in [0.1, 0.15) is 5.82 Å². The van der Waals surface area contributed by atoms with Gasteiger partial charge in [-0.05, 0) is 19.4 Å². The molecule has 1 aromatic heterocycles. The van der Waals surface area contributed by atoms with Crippen molar-refractivity contribution in [3.63, 3.8) is 0 Å². The quantitative estimate of drug-likeness (QED) is 0.635. The summed E-state index contributed by atoms with van der Waals surface area (Å²) in [4.78, 5) is 11.5. The van der Waals surface area contributed by atoms with Crippen LogP contribution >= 0.6 is 0 Å². The van der Waals surface area contributed by atoms with Crippen LogP contribution in [0.4, 0.5) is 17.6 Å². The third-order valence-corrected chi connectivity index (χ3v) is 4.17.